The predicted molar refractivity (Wildman–Crippen MR) is 126 cm³/mol. The molecule has 1 aliphatic rings. The van der Waals surface area contributed by atoms with Gasteiger partial charge in [0, 0.05) is 26.1 Å². The molecule has 0 spiro atoms. The van der Waals surface area contributed by atoms with Crippen LogP contribution in [-0.2, 0) is 11.3 Å². The highest BCUT2D eigenvalue weighted by Crippen LogP contribution is 2.30. The molecular weight excluding hydrogens is 388 g/mol. The summed E-state index contributed by atoms with van der Waals surface area (Å²) >= 11 is 0. The molecule has 1 saturated carbocycles. The quantitative estimate of drug-likeness (QED) is 0.570. The maximum atomic E-state index is 13.4. The molecule has 1 aromatic carbocycles. The fourth-order valence-electron chi connectivity index (χ4n) is 4.82. The fraction of sp³-hybridized carbons (Fsp3) is 0.640. The van der Waals surface area contributed by atoms with Crippen LogP contribution in [0.5, 0.6) is 0 Å². The molecule has 1 unspecified atom stereocenters. The molecule has 1 heterocycles. The van der Waals surface area contributed by atoms with Crippen molar-refractivity contribution < 1.29 is 4.79 Å². The Morgan fingerprint density at radius 2 is 1.87 bits per heavy atom. The minimum Gasteiger partial charge on any atom is -0.331 e. The van der Waals surface area contributed by atoms with Crippen LogP contribution in [0.25, 0.3) is 10.9 Å². The third kappa shape index (κ3) is 5.53. The van der Waals surface area contributed by atoms with Crippen molar-refractivity contribution >= 4 is 16.8 Å². The first-order valence-electron chi connectivity index (χ1n) is 11.9. The molecule has 170 valence electrons. The molecule has 1 aromatic heterocycles. The van der Waals surface area contributed by atoms with E-state index in [2.05, 4.69) is 11.8 Å². The van der Waals surface area contributed by atoms with Gasteiger partial charge in [0.2, 0.25) is 5.91 Å². The third-order valence-electron chi connectivity index (χ3n) is 6.62. The maximum absolute atomic E-state index is 13.4. The van der Waals surface area contributed by atoms with Gasteiger partial charge in [0.25, 0.3) is 5.56 Å². The van der Waals surface area contributed by atoms with Crippen LogP contribution in [0.3, 0.4) is 0 Å². The molecule has 1 amide bonds. The lowest BCUT2D eigenvalue weighted by Crippen LogP contribution is -2.42. The van der Waals surface area contributed by atoms with E-state index in [0.717, 1.165) is 19.4 Å². The van der Waals surface area contributed by atoms with Gasteiger partial charge in [0.1, 0.15) is 5.82 Å². The Labute approximate surface area is 186 Å². The van der Waals surface area contributed by atoms with E-state index in [1.807, 2.05) is 50.2 Å². The van der Waals surface area contributed by atoms with Crippen molar-refractivity contribution in [1.82, 2.24) is 19.4 Å². The highest BCUT2D eigenvalue weighted by molar-refractivity contribution is 5.78. The van der Waals surface area contributed by atoms with Gasteiger partial charge in [-0.2, -0.15) is 0 Å². The number of aromatic nitrogens is 2. The second-order valence-corrected chi connectivity index (χ2v) is 9.04. The average molecular weight is 427 g/mol. The van der Waals surface area contributed by atoms with Crippen LogP contribution in [0.15, 0.2) is 29.1 Å². The van der Waals surface area contributed by atoms with Crippen molar-refractivity contribution in [3.05, 3.63) is 40.4 Å². The van der Waals surface area contributed by atoms with Gasteiger partial charge < -0.3 is 9.80 Å². The van der Waals surface area contributed by atoms with Crippen LogP contribution in [0.2, 0.25) is 0 Å². The molecule has 1 aliphatic carbocycles. The molecule has 2 aromatic rings. The number of benzene rings is 1. The molecule has 0 radical (unpaired) electrons. The second-order valence-electron chi connectivity index (χ2n) is 9.04. The van der Waals surface area contributed by atoms with Gasteiger partial charge in [0.05, 0.1) is 16.9 Å². The van der Waals surface area contributed by atoms with Crippen molar-refractivity contribution in [1.29, 1.82) is 0 Å². The molecular formula is C25H38N4O2. The van der Waals surface area contributed by atoms with E-state index in [0.29, 0.717) is 42.2 Å². The van der Waals surface area contributed by atoms with Crippen LogP contribution in [0, 0.1) is 5.92 Å². The predicted octanol–water partition coefficient (Wildman–Crippen LogP) is 4.23. The molecule has 3 rings (SSSR count). The van der Waals surface area contributed by atoms with E-state index in [1.165, 1.54) is 25.7 Å². The summed E-state index contributed by atoms with van der Waals surface area (Å²) < 4.78 is 1.75. The van der Waals surface area contributed by atoms with E-state index in [-0.39, 0.29) is 17.5 Å². The average Bonchev–Trinajstić information content (AvgIpc) is 3.28. The first kappa shape index (κ1) is 23.5. The van der Waals surface area contributed by atoms with Crippen LogP contribution in [-0.4, -0.2) is 52.4 Å². The van der Waals surface area contributed by atoms with Crippen molar-refractivity contribution in [2.45, 2.75) is 71.4 Å². The Balaban J connectivity index is 1.95. The summed E-state index contributed by atoms with van der Waals surface area (Å²) in [6.45, 7) is 6.02. The van der Waals surface area contributed by atoms with Crippen molar-refractivity contribution in [2.75, 3.05) is 27.2 Å². The minimum atomic E-state index is -0.201. The summed E-state index contributed by atoms with van der Waals surface area (Å²) in [5.74, 6) is 1.58. The number of rotatable bonds is 10. The monoisotopic (exact) mass is 426 g/mol. The summed E-state index contributed by atoms with van der Waals surface area (Å²) in [5, 5.41) is 0.635. The number of fused-ring (bicyclic) bond motifs is 1. The van der Waals surface area contributed by atoms with E-state index in [4.69, 9.17) is 4.98 Å². The first-order chi connectivity index (χ1) is 15.0. The molecule has 1 atom stereocenters. The highest BCUT2D eigenvalue weighted by Gasteiger charge is 2.28. The lowest BCUT2D eigenvalue weighted by molar-refractivity contribution is -0.134. The van der Waals surface area contributed by atoms with Gasteiger partial charge in [-0.1, -0.05) is 44.7 Å². The summed E-state index contributed by atoms with van der Waals surface area (Å²) in [6, 6.07) is 7.30. The molecule has 6 nitrogen and oxygen atoms in total. The van der Waals surface area contributed by atoms with Crippen molar-refractivity contribution in [2.24, 2.45) is 5.92 Å². The van der Waals surface area contributed by atoms with Crippen molar-refractivity contribution in [3.63, 3.8) is 0 Å². The van der Waals surface area contributed by atoms with E-state index in [1.54, 1.807) is 4.57 Å². The first-order valence-corrected chi connectivity index (χ1v) is 11.9. The Morgan fingerprint density at radius 1 is 1.16 bits per heavy atom. The lowest BCUT2D eigenvalue weighted by Gasteiger charge is -2.33. The number of carbonyl (C=O) groups is 1. The van der Waals surface area contributed by atoms with Crippen molar-refractivity contribution in [3.8, 4) is 0 Å². The molecule has 0 aliphatic heterocycles. The van der Waals surface area contributed by atoms with Gasteiger partial charge in [-0.15, -0.1) is 0 Å². The smallest absolute Gasteiger partial charge is 0.261 e. The van der Waals surface area contributed by atoms with Crippen LogP contribution in [0.4, 0.5) is 0 Å². The molecule has 1 fully saturated rings. The standard InChI is InChI=1S/C25H38N4O2/c1-5-22(24-26-21-14-10-9-13-20(21)25(31)28(24)6-2)29(18-17-27(3)4)23(30)16-15-19-11-7-8-12-19/h9-10,13-14,19,22H,5-8,11-12,15-18H2,1-4H3. The van der Waals surface area contributed by atoms with Crippen LogP contribution < -0.4 is 5.56 Å². The van der Waals surface area contributed by atoms with E-state index < -0.39 is 0 Å². The van der Waals surface area contributed by atoms with Gasteiger partial charge in [-0.05, 0) is 51.9 Å². The molecule has 0 saturated heterocycles. The zero-order valence-corrected chi connectivity index (χ0v) is 19.6. The van der Waals surface area contributed by atoms with Crippen LogP contribution in [0.1, 0.15) is 70.7 Å². The van der Waals surface area contributed by atoms with E-state index >= 15 is 0 Å². The van der Waals surface area contributed by atoms with E-state index in [9.17, 15) is 9.59 Å². The molecule has 0 N–H and O–H groups in total. The number of carbonyl (C=O) groups excluding carboxylic acids is 1. The summed E-state index contributed by atoms with van der Waals surface area (Å²) in [4.78, 5) is 35.6. The molecule has 6 heteroatoms. The second kappa shape index (κ2) is 10.9. The van der Waals surface area contributed by atoms with Gasteiger partial charge >= 0.3 is 0 Å². The number of likely N-dealkylation sites (N-methyl/N-ethyl adjacent to an activating group) is 1. The number of hydrogen-bond acceptors (Lipinski definition) is 4. The number of para-hydroxylation sites is 1. The van der Waals surface area contributed by atoms with Gasteiger partial charge in [-0.3, -0.25) is 14.2 Å². The zero-order valence-electron chi connectivity index (χ0n) is 19.6. The highest BCUT2D eigenvalue weighted by atomic mass is 16.2. The number of nitrogens with zero attached hydrogens (tertiary/aromatic N) is 4. The van der Waals surface area contributed by atoms with Gasteiger partial charge in [0.15, 0.2) is 0 Å². The molecule has 0 bridgehead atoms. The summed E-state index contributed by atoms with van der Waals surface area (Å²) in [6.07, 6.45) is 7.38. The Bertz CT molecular complexity index is 931. The Kier molecular flexibility index (Phi) is 8.24. The lowest BCUT2D eigenvalue weighted by atomic mass is 10.0. The number of amides is 1. The van der Waals surface area contributed by atoms with Crippen LogP contribution >= 0.6 is 0 Å². The van der Waals surface area contributed by atoms with Gasteiger partial charge in [-0.25, -0.2) is 4.98 Å². The minimum absolute atomic E-state index is 0.0208. The SMILES string of the molecule is CCC(c1nc2ccccc2c(=O)n1CC)N(CCN(C)C)C(=O)CCC1CCCC1. The molecule has 31 heavy (non-hydrogen) atoms. The fourth-order valence-corrected chi connectivity index (χ4v) is 4.82. The summed E-state index contributed by atoms with van der Waals surface area (Å²) in [7, 11) is 4.05. The normalized spacial score (nSPS) is 15.6. The zero-order chi connectivity index (χ0) is 22.4. The largest absolute Gasteiger partial charge is 0.331 e. The Morgan fingerprint density at radius 3 is 2.52 bits per heavy atom. The topological polar surface area (TPSA) is 58.4 Å². The number of hydrogen-bond donors (Lipinski definition) is 0. The third-order valence-corrected chi connectivity index (χ3v) is 6.62. The Hall–Kier alpha value is -2.21. The summed E-state index contributed by atoms with van der Waals surface area (Å²) in [5.41, 5.74) is 0.684. The maximum Gasteiger partial charge on any atom is 0.261 e.